The number of carbonyl (C=O) groups is 2. The molecule has 1 saturated carbocycles. The summed E-state index contributed by atoms with van der Waals surface area (Å²) in [5.74, 6) is 0.00611. The number of benzene rings is 1. The lowest BCUT2D eigenvalue weighted by Gasteiger charge is -2.33. The summed E-state index contributed by atoms with van der Waals surface area (Å²) in [5, 5.41) is 3.71. The summed E-state index contributed by atoms with van der Waals surface area (Å²) in [7, 11) is 0. The SMILES string of the molecule is O=C(CCC(=O)N1CCO[C@H](c2ccc(Cl)cc2)C1)NC1CCCC1. The predicted octanol–water partition coefficient (Wildman–Crippen LogP) is 3.08. The summed E-state index contributed by atoms with van der Waals surface area (Å²) in [6.07, 6.45) is 4.87. The fraction of sp³-hybridized carbons (Fsp3) is 0.579. The maximum Gasteiger partial charge on any atom is 0.223 e. The molecule has 5 nitrogen and oxygen atoms in total. The van der Waals surface area contributed by atoms with Crippen LogP contribution in [-0.4, -0.2) is 42.5 Å². The number of carbonyl (C=O) groups excluding carboxylic acids is 2. The van der Waals surface area contributed by atoms with Crippen molar-refractivity contribution in [3.8, 4) is 0 Å². The first kappa shape index (κ1) is 18.2. The highest BCUT2D eigenvalue weighted by Crippen LogP contribution is 2.24. The van der Waals surface area contributed by atoms with Gasteiger partial charge < -0.3 is 15.0 Å². The standard InChI is InChI=1S/C19H25ClN2O3/c20-15-7-5-14(6-8-15)17-13-22(11-12-25-17)19(24)10-9-18(23)21-16-3-1-2-4-16/h5-8,16-17H,1-4,9-13H2,(H,21,23)/t17-/m0/s1. The Labute approximate surface area is 153 Å². The van der Waals surface area contributed by atoms with Gasteiger partial charge in [-0.1, -0.05) is 36.6 Å². The lowest BCUT2D eigenvalue weighted by molar-refractivity contribution is -0.140. The second-order valence-electron chi connectivity index (χ2n) is 6.80. The Morgan fingerprint density at radius 2 is 1.88 bits per heavy atom. The summed E-state index contributed by atoms with van der Waals surface area (Å²) in [5.41, 5.74) is 1.01. The first-order valence-corrected chi connectivity index (χ1v) is 9.44. The summed E-state index contributed by atoms with van der Waals surface area (Å²) in [6.45, 7) is 1.60. The van der Waals surface area contributed by atoms with E-state index in [0.717, 1.165) is 18.4 Å². The highest BCUT2D eigenvalue weighted by Gasteiger charge is 2.26. The largest absolute Gasteiger partial charge is 0.370 e. The zero-order valence-electron chi connectivity index (χ0n) is 14.4. The van der Waals surface area contributed by atoms with Crippen LogP contribution >= 0.6 is 11.6 Å². The van der Waals surface area contributed by atoms with Crippen molar-refractivity contribution >= 4 is 23.4 Å². The molecule has 136 valence electrons. The zero-order chi connectivity index (χ0) is 17.6. The van der Waals surface area contributed by atoms with Crippen LogP contribution in [0.25, 0.3) is 0 Å². The molecular weight excluding hydrogens is 340 g/mol. The van der Waals surface area contributed by atoms with Gasteiger partial charge in [0.05, 0.1) is 13.2 Å². The first-order chi connectivity index (χ1) is 12.1. The average molecular weight is 365 g/mol. The quantitative estimate of drug-likeness (QED) is 0.873. The van der Waals surface area contributed by atoms with Crippen LogP contribution in [0.1, 0.15) is 50.2 Å². The summed E-state index contributed by atoms with van der Waals surface area (Å²) in [4.78, 5) is 26.2. The molecule has 2 aliphatic rings. The molecule has 25 heavy (non-hydrogen) atoms. The van der Waals surface area contributed by atoms with E-state index in [4.69, 9.17) is 16.3 Å². The molecule has 6 heteroatoms. The average Bonchev–Trinajstić information content (AvgIpc) is 3.13. The molecule has 1 aromatic carbocycles. The van der Waals surface area contributed by atoms with Gasteiger partial charge in [0.25, 0.3) is 0 Å². The Hall–Kier alpha value is -1.59. The van der Waals surface area contributed by atoms with E-state index < -0.39 is 0 Å². The van der Waals surface area contributed by atoms with Crippen LogP contribution in [0.5, 0.6) is 0 Å². The zero-order valence-corrected chi connectivity index (χ0v) is 15.1. The molecule has 1 N–H and O–H groups in total. The molecule has 0 unspecified atom stereocenters. The van der Waals surface area contributed by atoms with Crippen LogP contribution in [0.15, 0.2) is 24.3 Å². The van der Waals surface area contributed by atoms with Gasteiger partial charge in [0.1, 0.15) is 6.10 Å². The number of amides is 2. The highest BCUT2D eigenvalue weighted by molar-refractivity contribution is 6.30. The van der Waals surface area contributed by atoms with Crippen LogP contribution in [-0.2, 0) is 14.3 Å². The monoisotopic (exact) mass is 364 g/mol. The molecule has 2 fully saturated rings. The van der Waals surface area contributed by atoms with Crippen molar-refractivity contribution in [3.63, 3.8) is 0 Å². The van der Waals surface area contributed by atoms with Crippen molar-refractivity contribution in [2.45, 2.75) is 50.7 Å². The van der Waals surface area contributed by atoms with Crippen LogP contribution in [0.4, 0.5) is 0 Å². The molecule has 0 spiro atoms. The Morgan fingerprint density at radius 3 is 2.60 bits per heavy atom. The van der Waals surface area contributed by atoms with Gasteiger partial charge in [-0.2, -0.15) is 0 Å². The van der Waals surface area contributed by atoms with Crippen LogP contribution in [0.3, 0.4) is 0 Å². The van der Waals surface area contributed by atoms with Gasteiger partial charge in [-0.15, -0.1) is 0 Å². The van der Waals surface area contributed by atoms with Crippen molar-refractivity contribution in [3.05, 3.63) is 34.9 Å². The third-order valence-corrected chi connectivity index (χ3v) is 5.20. The van der Waals surface area contributed by atoms with Gasteiger partial charge in [0.15, 0.2) is 0 Å². The molecule has 1 heterocycles. The van der Waals surface area contributed by atoms with Crippen molar-refractivity contribution in [2.75, 3.05) is 19.7 Å². The van der Waals surface area contributed by atoms with E-state index in [-0.39, 0.29) is 30.8 Å². The van der Waals surface area contributed by atoms with Crippen molar-refractivity contribution in [2.24, 2.45) is 0 Å². The maximum absolute atomic E-state index is 12.4. The number of morpholine rings is 1. The molecular formula is C19H25ClN2O3. The molecule has 1 atom stereocenters. The van der Waals surface area contributed by atoms with E-state index >= 15 is 0 Å². The summed E-state index contributed by atoms with van der Waals surface area (Å²) >= 11 is 5.92. The van der Waals surface area contributed by atoms with Gasteiger partial charge >= 0.3 is 0 Å². The van der Waals surface area contributed by atoms with Crippen molar-refractivity contribution in [1.82, 2.24) is 10.2 Å². The summed E-state index contributed by atoms with van der Waals surface area (Å²) in [6, 6.07) is 7.81. The Morgan fingerprint density at radius 1 is 1.16 bits per heavy atom. The number of hydrogen-bond acceptors (Lipinski definition) is 3. The van der Waals surface area contributed by atoms with Crippen LogP contribution < -0.4 is 5.32 Å². The fourth-order valence-corrected chi connectivity index (χ4v) is 3.63. The number of hydrogen-bond donors (Lipinski definition) is 1. The van der Waals surface area contributed by atoms with Gasteiger partial charge in [0.2, 0.25) is 11.8 Å². The first-order valence-electron chi connectivity index (χ1n) is 9.06. The van der Waals surface area contributed by atoms with Gasteiger partial charge in [-0.3, -0.25) is 9.59 Å². The molecule has 3 rings (SSSR count). The Kier molecular flexibility index (Phi) is 6.32. The number of nitrogens with zero attached hydrogens (tertiary/aromatic N) is 1. The molecule has 2 amide bonds. The lowest BCUT2D eigenvalue weighted by atomic mass is 10.1. The maximum atomic E-state index is 12.4. The number of rotatable bonds is 5. The number of ether oxygens (including phenoxy) is 1. The molecule has 1 saturated heterocycles. The third-order valence-electron chi connectivity index (χ3n) is 4.95. The van der Waals surface area contributed by atoms with Crippen molar-refractivity contribution < 1.29 is 14.3 Å². The molecule has 1 aliphatic heterocycles. The minimum Gasteiger partial charge on any atom is -0.370 e. The molecule has 1 aromatic rings. The fourth-order valence-electron chi connectivity index (χ4n) is 3.50. The lowest BCUT2D eigenvalue weighted by Crippen LogP contribution is -2.42. The van der Waals surface area contributed by atoms with E-state index in [0.29, 0.717) is 30.8 Å². The van der Waals surface area contributed by atoms with E-state index in [2.05, 4.69) is 5.32 Å². The number of nitrogens with one attached hydrogen (secondary N) is 1. The topological polar surface area (TPSA) is 58.6 Å². The second kappa shape index (κ2) is 8.68. The Balaban J connectivity index is 1.46. The van der Waals surface area contributed by atoms with E-state index in [1.807, 2.05) is 24.3 Å². The third kappa shape index (κ3) is 5.19. The predicted molar refractivity (Wildman–Crippen MR) is 96.4 cm³/mol. The van der Waals surface area contributed by atoms with Crippen molar-refractivity contribution in [1.29, 1.82) is 0 Å². The van der Waals surface area contributed by atoms with E-state index in [9.17, 15) is 9.59 Å². The minimum absolute atomic E-state index is 0.0113. The van der Waals surface area contributed by atoms with E-state index in [1.54, 1.807) is 4.90 Å². The Bertz CT molecular complexity index is 599. The van der Waals surface area contributed by atoms with Gasteiger partial charge in [-0.05, 0) is 30.5 Å². The molecule has 0 aromatic heterocycles. The highest BCUT2D eigenvalue weighted by atomic mass is 35.5. The second-order valence-corrected chi connectivity index (χ2v) is 7.24. The van der Waals surface area contributed by atoms with Crippen LogP contribution in [0.2, 0.25) is 5.02 Å². The van der Waals surface area contributed by atoms with Gasteiger partial charge in [0, 0.05) is 30.5 Å². The molecule has 0 bridgehead atoms. The van der Waals surface area contributed by atoms with Gasteiger partial charge in [-0.25, -0.2) is 0 Å². The molecule has 1 aliphatic carbocycles. The van der Waals surface area contributed by atoms with Crippen LogP contribution in [0, 0.1) is 0 Å². The van der Waals surface area contributed by atoms with E-state index in [1.165, 1.54) is 12.8 Å². The molecule has 0 radical (unpaired) electrons. The minimum atomic E-state index is -0.137. The normalized spacial score (nSPS) is 21.3. The summed E-state index contributed by atoms with van der Waals surface area (Å²) < 4.78 is 5.78. The number of halogens is 1. The smallest absolute Gasteiger partial charge is 0.223 e.